The van der Waals surface area contributed by atoms with Gasteiger partial charge in [-0.2, -0.15) is 13.2 Å². The van der Waals surface area contributed by atoms with Crippen LogP contribution in [0.1, 0.15) is 18.1 Å². The van der Waals surface area contributed by atoms with Gasteiger partial charge in [0.1, 0.15) is 5.75 Å². The molecule has 2 aromatic rings. The summed E-state index contributed by atoms with van der Waals surface area (Å²) in [6.45, 7) is 3.03. The van der Waals surface area contributed by atoms with Gasteiger partial charge in [0.05, 0.1) is 12.2 Å². The molecule has 0 heterocycles. The molecule has 0 radical (unpaired) electrons. The second-order valence-corrected chi connectivity index (χ2v) is 5.37. The first-order valence-corrected chi connectivity index (χ1v) is 7.73. The van der Waals surface area contributed by atoms with Crippen LogP contribution < -0.4 is 15.4 Å². The van der Waals surface area contributed by atoms with Crippen LogP contribution in [0, 0.1) is 0 Å². The zero-order valence-corrected chi connectivity index (χ0v) is 13.8. The Hall–Kier alpha value is -2.28. The molecule has 24 heavy (non-hydrogen) atoms. The number of ether oxygens (including phenoxy) is 1. The van der Waals surface area contributed by atoms with Gasteiger partial charge in [-0.1, -0.05) is 12.1 Å². The van der Waals surface area contributed by atoms with E-state index < -0.39 is 11.7 Å². The van der Waals surface area contributed by atoms with E-state index in [9.17, 15) is 13.2 Å². The summed E-state index contributed by atoms with van der Waals surface area (Å²) >= 11 is 5.14. The van der Waals surface area contributed by atoms with Gasteiger partial charge in [0.25, 0.3) is 0 Å². The number of hydrogen-bond donors (Lipinski definition) is 2. The Bertz CT molecular complexity index is 670. The number of halogens is 3. The van der Waals surface area contributed by atoms with Crippen molar-refractivity contribution in [3.63, 3.8) is 0 Å². The Kier molecular flexibility index (Phi) is 6.03. The molecular formula is C17H17F3N2OS. The number of hydrogen-bond acceptors (Lipinski definition) is 2. The number of nitrogens with one attached hydrogen (secondary N) is 2. The Morgan fingerprint density at radius 1 is 1.04 bits per heavy atom. The molecule has 0 aliphatic heterocycles. The molecule has 2 aromatic carbocycles. The van der Waals surface area contributed by atoms with Gasteiger partial charge in [-0.05, 0) is 61.1 Å². The Morgan fingerprint density at radius 3 is 2.21 bits per heavy atom. The van der Waals surface area contributed by atoms with E-state index in [0.29, 0.717) is 24.0 Å². The molecule has 2 N–H and O–H groups in total. The summed E-state index contributed by atoms with van der Waals surface area (Å²) < 4.78 is 42.9. The predicted octanol–water partition coefficient (Wildman–Crippen LogP) is 4.59. The van der Waals surface area contributed by atoms with Crippen LogP contribution in [0.25, 0.3) is 0 Å². The average Bonchev–Trinajstić information content (AvgIpc) is 2.54. The van der Waals surface area contributed by atoms with Crippen molar-refractivity contribution in [1.29, 1.82) is 0 Å². The van der Waals surface area contributed by atoms with Gasteiger partial charge in [0.2, 0.25) is 0 Å². The minimum Gasteiger partial charge on any atom is -0.494 e. The minimum absolute atomic E-state index is 0.337. The molecule has 0 unspecified atom stereocenters. The van der Waals surface area contributed by atoms with Crippen molar-refractivity contribution >= 4 is 23.0 Å². The van der Waals surface area contributed by atoms with Crippen molar-refractivity contribution in [2.24, 2.45) is 0 Å². The summed E-state index contributed by atoms with van der Waals surface area (Å²) in [5.74, 6) is 0.798. The Balaban J connectivity index is 1.84. The van der Waals surface area contributed by atoms with Crippen LogP contribution in [0.3, 0.4) is 0 Å². The smallest absolute Gasteiger partial charge is 0.416 e. The lowest BCUT2D eigenvalue weighted by atomic mass is 10.2. The van der Waals surface area contributed by atoms with E-state index in [1.54, 1.807) is 0 Å². The summed E-state index contributed by atoms with van der Waals surface area (Å²) in [7, 11) is 0. The maximum atomic E-state index is 12.5. The van der Waals surface area contributed by atoms with Crippen molar-refractivity contribution in [1.82, 2.24) is 5.32 Å². The molecule has 0 amide bonds. The maximum absolute atomic E-state index is 12.5. The van der Waals surface area contributed by atoms with Gasteiger partial charge < -0.3 is 15.4 Å². The Morgan fingerprint density at radius 2 is 1.67 bits per heavy atom. The van der Waals surface area contributed by atoms with Crippen molar-refractivity contribution < 1.29 is 17.9 Å². The predicted molar refractivity (Wildman–Crippen MR) is 92.1 cm³/mol. The van der Waals surface area contributed by atoms with E-state index in [0.717, 1.165) is 23.4 Å². The van der Waals surface area contributed by atoms with Crippen LogP contribution in [-0.4, -0.2) is 11.7 Å². The molecule has 2 rings (SSSR count). The number of anilines is 1. The van der Waals surface area contributed by atoms with Crippen molar-refractivity contribution in [2.75, 3.05) is 11.9 Å². The van der Waals surface area contributed by atoms with Crippen LogP contribution in [0.15, 0.2) is 48.5 Å². The summed E-state index contributed by atoms with van der Waals surface area (Å²) in [6.07, 6.45) is -4.34. The molecule has 0 spiro atoms. The van der Waals surface area contributed by atoms with Gasteiger partial charge in [0.15, 0.2) is 5.11 Å². The molecule has 7 heteroatoms. The molecule has 0 aliphatic carbocycles. The van der Waals surface area contributed by atoms with Crippen molar-refractivity contribution in [3.8, 4) is 5.75 Å². The third-order valence-corrected chi connectivity index (χ3v) is 3.40. The highest BCUT2D eigenvalue weighted by Gasteiger charge is 2.29. The summed E-state index contributed by atoms with van der Waals surface area (Å²) in [4.78, 5) is 0. The van der Waals surface area contributed by atoms with Gasteiger partial charge in [-0.15, -0.1) is 0 Å². The number of benzene rings is 2. The Labute approximate surface area is 143 Å². The van der Waals surface area contributed by atoms with Gasteiger partial charge in [0, 0.05) is 12.2 Å². The SMILES string of the molecule is CCOc1ccc(CNC(=S)Nc2ccc(C(F)(F)F)cc2)cc1. The maximum Gasteiger partial charge on any atom is 0.416 e. The van der Waals surface area contributed by atoms with E-state index in [1.807, 2.05) is 31.2 Å². The molecule has 0 atom stereocenters. The molecule has 128 valence electrons. The molecule has 3 nitrogen and oxygen atoms in total. The van der Waals surface area contributed by atoms with Crippen LogP contribution in [0.2, 0.25) is 0 Å². The third-order valence-electron chi connectivity index (χ3n) is 3.16. The second kappa shape index (κ2) is 8.01. The second-order valence-electron chi connectivity index (χ2n) is 4.96. The normalized spacial score (nSPS) is 11.0. The highest BCUT2D eigenvalue weighted by molar-refractivity contribution is 7.80. The highest BCUT2D eigenvalue weighted by atomic mass is 32.1. The average molecular weight is 354 g/mol. The van der Waals surface area contributed by atoms with Crippen LogP contribution in [0.4, 0.5) is 18.9 Å². The molecule has 0 fully saturated rings. The highest BCUT2D eigenvalue weighted by Crippen LogP contribution is 2.29. The third kappa shape index (κ3) is 5.42. The van der Waals surface area contributed by atoms with Crippen molar-refractivity contribution in [3.05, 3.63) is 59.7 Å². The summed E-state index contributed by atoms with van der Waals surface area (Å²) in [6, 6.07) is 12.3. The fraction of sp³-hybridized carbons (Fsp3) is 0.235. The zero-order chi connectivity index (χ0) is 17.6. The van der Waals surface area contributed by atoms with Crippen molar-refractivity contribution in [2.45, 2.75) is 19.6 Å². The van der Waals surface area contributed by atoms with Crippen LogP contribution in [0.5, 0.6) is 5.75 Å². The van der Waals surface area contributed by atoms with E-state index >= 15 is 0 Å². The van der Waals surface area contributed by atoms with E-state index in [1.165, 1.54) is 12.1 Å². The minimum atomic E-state index is -4.34. The van der Waals surface area contributed by atoms with Crippen LogP contribution in [-0.2, 0) is 12.7 Å². The summed E-state index contributed by atoms with van der Waals surface area (Å²) in [5, 5.41) is 6.19. The molecule has 0 saturated carbocycles. The van der Waals surface area contributed by atoms with E-state index in [2.05, 4.69) is 10.6 Å². The fourth-order valence-corrected chi connectivity index (χ4v) is 2.16. The number of rotatable bonds is 5. The fourth-order valence-electron chi connectivity index (χ4n) is 1.97. The number of thiocarbonyl (C=S) groups is 1. The molecule has 0 saturated heterocycles. The lowest BCUT2D eigenvalue weighted by Crippen LogP contribution is -2.27. The van der Waals surface area contributed by atoms with E-state index in [4.69, 9.17) is 17.0 Å². The monoisotopic (exact) mass is 354 g/mol. The quantitative estimate of drug-likeness (QED) is 0.770. The first-order valence-electron chi connectivity index (χ1n) is 7.32. The standard InChI is InChI=1S/C17H17F3N2OS/c1-2-23-15-9-3-12(4-10-15)11-21-16(24)22-14-7-5-13(6-8-14)17(18,19)20/h3-10H,2,11H2,1H3,(H2,21,22,24). The topological polar surface area (TPSA) is 33.3 Å². The molecule has 0 aromatic heterocycles. The molecular weight excluding hydrogens is 337 g/mol. The molecule has 0 aliphatic rings. The van der Waals surface area contributed by atoms with Gasteiger partial charge >= 0.3 is 6.18 Å². The summed E-state index contributed by atoms with van der Waals surface area (Å²) in [5.41, 5.74) is 0.809. The molecule has 0 bridgehead atoms. The van der Waals surface area contributed by atoms with Gasteiger partial charge in [-0.3, -0.25) is 0 Å². The van der Waals surface area contributed by atoms with E-state index in [-0.39, 0.29) is 0 Å². The largest absolute Gasteiger partial charge is 0.494 e. The number of alkyl halides is 3. The first kappa shape index (κ1) is 18.1. The van der Waals surface area contributed by atoms with Crippen LogP contribution >= 0.6 is 12.2 Å². The zero-order valence-electron chi connectivity index (χ0n) is 13.0. The lowest BCUT2D eigenvalue weighted by molar-refractivity contribution is -0.137. The first-order chi connectivity index (χ1) is 11.4. The lowest BCUT2D eigenvalue weighted by Gasteiger charge is -2.12. The van der Waals surface area contributed by atoms with Gasteiger partial charge in [-0.25, -0.2) is 0 Å².